The molecule has 1 aromatic heterocycles. The molecule has 2 atom stereocenters. The van der Waals surface area contributed by atoms with Crippen molar-refractivity contribution in [2.24, 2.45) is 11.7 Å². The predicted molar refractivity (Wildman–Crippen MR) is 55.8 cm³/mol. The summed E-state index contributed by atoms with van der Waals surface area (Å²) in [6.45, 7) is 6.53. The molecule has 4 heteroatoms. The van der Waals surface area contributed by atoms with E-state index in [2.05, 4.69) is 18.8 Å². The van der Waals surface area contributed by atoms with Gasteiger partial charge in [-0.1, -0.05) is 6.92 Å². The van der Waals surface area contributed by atoms with Gasteiger partial charge < -0.3 is 15.4 Å². The first kappa shape index (κ1) is 11.2. The van der Waals surface area contributed by atoms with Gasteiger partial charge in [0.05, 0.1) is 24.3 Å². The van der Waals surface area contributed by atoms with Crippen molar-refractivity contribution in [3.63, 3.8) is 0 Å². The minimum atomic E-state index is -0.523. The average Bonchev–Trinajstić information content (AvgIpc) is 2.63. The zero-order valence-electron chi connectivity index (χ0n) is 9.01. The second kappa shape index (κ2) is 4.57. The number of hydrogen-bond donors (Lipinski definition) is 2. The van der Waals surface area contributed by atoms with Crippen molar-refractivity contribution in [3.8, 4) is 0 Å². The minimum absolute atomic E-state index is 0.0594. The third-order valence-corrected chi connectivity index (χ3v) is 2.47. The second-order valence-electron chi connectivity index (χ2n) is 3.98. The first-order valence-corrected chi connectivity index (χ1v) is 4.97. The van der Waals surface area contributed by atoms with Gasteiger partial charge in [-0.05, 0) is 26.3 Å². The summed E-state index contributed by atoms with van der Waals surface area (Å²) in [6, 6.07) is 0.312. The molecule has 0 fully saturated rings. The fraction of sp³-hybridized carbons (Fsp3) is 0.700. The molecule has 0 radical (unpaired) electrons. The Morgan fingerprint density at radius 1 is 1.50 bits per heavy atom. The molecule has 4 nitrogen and oxygen atoms in total. The van der Waals surface area contributed by atoms with Gasteiger partial charge in [0.1, 0.15) is 0 Å². The molecule has 0 amide bonds. The Kier molecular flexibility index (Phi) is 3.66. The van der Waals surface area contributed by atoms with Crippen molar-refractivity contribution in [1.82, 2.24) is 9.55 Å². The lowest BCUT2D eigenvalue weighted by molar-refractivity contribution is 0.112. The fourth-order valence-corrected chi connectivity index (χ4v) is 1.40. The molecule has 0 spiro atoms. The van der Waals surface area contributed by atoms with Crippen molar-refractivity contribution in [2.45, 2.75) is 32.9 Å². The lowest BCUT2D eigenvalue weighted by Gasteiger charge is -2.20. The van der Waals surface area contributed by atoms with Crippen LogP contribution in [0.3, 0.4) is 0 Å². The number of imidazole rings is 1. The van der Waals surface area contributed by atoms with Crippen molar-refractivity contribution in [3.05, 3.63) is 18.2 Å². The van der Waals surface area contributed by atoms with Crippen molar-refractivity contribution >= 4 is 0 Å². The smallest absolute Gasteiger partial charge is 0.0993 e. The van der Waals surface area contributed by atoms with Crippen LogP contribution in [0.15, 0.2) is 12.5 Å². The number of rotatable bonds is 4. The summed E-state index contributed by atoms with van der Waals surface area (Å²) in [4.78, 5) is 4.04. The Morgan fingerprint density at radius 3 is 2.64 bits per heavy atom. The number of hydrogen-bond acceptors (Lipinski definition) is 3. The van der Waals surface area contributed by atoms with Crippen molar-refractivity contribution < 1.29 is 5.11 Å². The maximum Gasteiger partial charge on any atom is 0.0993 e. The third kappa shape index (κ3) is 2.13. The molecular weight excluding hydrogens is 178 g/mol. The number of aliphatic hydroxyl groups excluding tert-OH is 1. The van der Waals surface area contributed by atoms with Crippen LogP contribution in [0.4, 0.5) is 0 Å². The van der Waals surface area contributed by atoms with Gasteiger partial charge >= 0.3 is 0 Å². The van der Waals surface area contributed by atoms with Gasteiger partial charge in [0.2, 0.25) is 0 Å². The first-order chi connectivity index (χ1) is 6.57. The molecule has 0 aliphatic heterocycles. The number of nitrogens with two attached hydrogens (primary N) is 1. The third-order valence-electron chi connectivity index (χ3n) is 2.47. The van der Waals surface area contributed by atoms with Crippen LogP contribution in [0.5, 0.6) is 0 Å². The number of aliphatic hydroxyl groups is 1. The van der Waals surface area contributed by atoms with Crippen LogP contribution in [0.2, 0.25) is 0 Å². The fourth-order valence-electron chi connectivity index (χ4n) is 1.40. The van der Waals surface area contributed by atoms with Gasteiger partial charge in [-0.2, -0.15) is 0 Å². The summed E-state index contributed by atoms with van der Waals surface area (Å²) in [6.07, 6.45) is 2.92. The van der Waals surface area contributed by atoms with Gasteiger partial charge in [0, 0.05) is 6.04 Å². The maximum absolute atomic E-state index is 9.97. The van der Waals surface area contributed by atoms with E-state index in [4.69, 9.17) is 5.73 Å². The molecule has 0 saturated carbocycles. The van der Waals surface area contributed by atoms with E-state index in [-0.39, 0.29) is 5.92 Å². The van der Waals surface area contributed by atoms with E-state index in [0.29, 0.717) is 12.6 Å². The summed E-state index contributed by atoms with van der Waals surface area (Å²) in [7, 11) is 0. The zero-order valence-corrected chi connectivity index (χ0v) is 9.01. The molecule has 3 N–H and O–H groups in total. The van der Waals surface area contributed by atoms with E-state index in [0.717, 1.165) is 5.69 Å². The number of aromatic nitrogens is 2. The quantitative estimate of drug-likeness (QED) is 0.759. The molecule has 0 aromatic carbocycles. The van der Waals surface area contributed by atoms with Crippen LogP contribution < -0.4 is 5.73 Å². The summed E-state index contributed by atoms with van der Waals surface area (Å²) in [5.74, 6) is 0.0594. The van der Waals surface area contributed by atoms with Gasteiger partial charge in [-0.25, -0.2) is 4.98 Å². The Labute approximate surface area is 84.8 Å². The molecule has 0 aliphatic carbocycles. The number of nitrogens with zero attached hydrogens (tertiary/aromatic N) is 2. The largest absolute Gasteiger partial charge is 0.386 e. The topological polar surface area (TPSA) is 64.1 Å². The highest BCUT2D eigenvalue weighted by molar-refractivity contribution is 5.05. The highest BCUT2D eigenvalue weighted by Gasteiger charge is 2.19. The Bertz CT molecular complexity index is 283. The minimum Gasteiger partial charge on any atom is -0.386 e. The van der Waals surface area contributed by atoms with Crippen LogP contribution in [0.1, 0.15) is 38.6 Å². The predicted octanol–water partition coefficient (Wildman–Crippen LogP) is 1.09. The SMILES string of the molecule is CC(CN)C(O)c1cncn1C(C)C. The van der Waals surface area contributed by atoms with Gasteiger partial charge in [0.25, 0.3) is 0 Å². The Balaban J connectivity index is 2.89. The first-order valence-electron chi connectivity index (χ1n) is 4.97. The van der Waals surface area contributed by atoms with Crippen LogP contribution >= 0.6 is 0 Å². The highest BCUT2D eigenvalue weighted by Crippen LogP contribution is 2.22. The molecule has 0 bridgehead atoms. The van der Waals surface area contributed by atoms with E-state index < -0.39 is 6.10 Å². The maximum atomic E-state index is 9.97. The zero-order chi connectivity index (χ0) is 10.7. The van der Waals surface area contributed by atoms with E-state index in [9.17, 15) is 5.11 Å². The summed E-state index contributed by atoms with van der Waals surface area (Å²) in [5.41, 5.74) is 6.36. The van der Waals surface area contributed by atoms with Crippen LogP contribution in [0, 0.1) is 5.92 Å². The molecule has 80 valence electrons. The van der Waals surface area contributed by atoms with E-state index >= 15 is 0 Å². The lowest BCUT2D eigenvalue weighted by Crippen LogP contribution is -2.21. The van der Waals surface area contributed by atoms with Crippen molar-refractivity contribution in [1.29, 1.82) is 0 Å². The standard InChI is InChI=1S/C10H19N3O/c1-7(2)13-6-12-5-9(13)10(14)8(3)4-11/h5-8,10,14H,4,11H2,1-3H3. The van der Waals surface area contributed by atoms with Crippen molar-refractivity contribution in [2.75, 3.05) is 6.54 Å². The van der Waals surface area contributed by atoms with Gasteiger partial charge in [-0.15, -0.1) is 0 Å². The van der Waals surface area contributed by atoms with Crippen LogP contribution in [0.25, 0.3) is 0 Å². The van der Waals surface area contributed by atoms with Gasteiger partial charge in [-0.3, -0.25) is 0 Å². The molecule has 2 unspecified atom stereocenters. The van der Waals surface area contributed by atoms with E-state index in [1.54, 1.807) is 12.5 Å². The summed E-state index contributed by atoms with van der Waals surface area (Å²) < 4.78 is 1.97. The summed E-state index contributed by atoms with van der Waals surface area (Å²) in [5, 5.41) is 9.97. The average molecular weight is 197 g/mol. The normalized spacial score (nSPS) is 15.9. The molecule has 1 aromatic rings. The molecule has 14 heavy (non-hydrogen) atoms. The Hall–Kier alpha value is -0.870. The molecular formula is C10H19N3O. The van der Waals surface area contributed by atoms with E-state index in [1.807, 2.05) is 11.5 Å². The second-order valence-corrected chi connectivity index (χ2v) is 3.98. The highest BCUT2D eigenvalue weighted by atomic mass is 16.3. The Morgan fingerprint density at radius 2 is 2.14 bits per heavy atom. The molecule has 1 heterocycles. The summed E-state index contributed by atoms with van der Waals surface area (Å²) >= 11 is 0. The van der Waals surface area contributed by atoms with Crippen LogP contribution in [-0.4, -0.2) is 21.2 Å². The monoisotopic (exact) mass is 197 g/mol. The lowest BCUT2D eigenvalue weighted by atomic mass is 10.0. The van der Waals surface area contributed by atoms with Gasteiger partial charge in [0.15, 0.2) is 0 Å². The molecule has 0 saturated heterocycles. The molecule has 1 rings (SSSR count). The molecule has 0 aliphatic rings. The van der Waals surface area contributed by atoms with E-state index in [1.165, 1.54) is 0 Å². The van der Waals surface area contributed by atoms with Crippen LogP contribution in [-0.2, 0) is 0 Å².